The van der Waals surface area contributed by atoms with Gasteiger partial charge in [-0.05, 0) is 11.6 Å². The van der Waals surface area contributed by atoms with Gasteiger partial charge in [0, 0.05) is 17.3 Å². The molecule has 1 aromatic heterocycles. The third-order valence-corrected chi connectivity index (χ3v) is 2.40. The highest BCUT2D eigenvalue weighted by Crippen LogP contribution is 2.26. The van der Waals surface area contributed by atoms with Crippen molar-refractivity contribution in [2.45, 2.75) is 12.9 Å². The molecule has 0 unspecified atom stereocenters. The molecule has 18 heavy (non-hydrogen) atoms. The van der Waals surface area contributed by atoms with Gasteiger partial charge in [-0.2, -0.15) is 9.78 Å². The van der Waals surface area contributed by atoms with Crippen LogP contribution in [0.5, 0.6) is 0 Å². The maximum absolute atomic E-state index is 13.4. The summed E-state index contributed by atoms with van der Waals surface area (Å²) in [4.78, 5) is 0. The van der Waals surface area contributed by atoms with E-state index in [0.29, 0.717) is 0 Å². The zero-order valence-corrected chi connectivity index (χ0v) is 8.95. The third kappa shape index (κ3) is 2.35. The minimum absolute atomic E-state index is 0.0852. The Labute approximate surface area is 99.3 Å². The van der Waals surface area contributed by atoms with Crippen LogP contribution >= 0.6 is 0 Å². The fourth-order valence-electron chi connectivity index (χ4n) is 1.47. The van der Waals surface area contributed by atoms with E-state index < -0.39 is 18.7 Å². The normalized spacial score (nSPS) is 11.8. The molecule has 96 valence electrons. The van der Waals surface area contributed by atoms with E-state index >= 15 is 0 Å². The molecule has 0 saturated heterocycles. The highest BCUT2D eigenvalue weighted by molar-refractivity contribution is 5.62. The van der Waals surface area contributed by atoms with Crippen LogP contribution in [0.1, 0.15) is 5.56 Å². The Bertz CT molecular complexity index is 562. The van der Waals surface area contributed by atoms with Crippen LogP contribution in [-0.2, 0) is 12.9 Å². The van der Waals surface area contributed by atoms with E-state index in [1.807, 2.05) is 0 Å². The quantitative estimate of drug-likeness (QED) is 0.843. The molecule has 1 N–H and O–H groups in total. The van der Waals surface area contributed by atoms with E-state index in [1.165, 1.54) is 12.1 Å². The Morgan fingerprint density at radius 2 is 1.94 bits per heavy atom. The summed E-state index contributed by atoms with van der Waals surface area (Å²) in [6.07, 6.45) is -2.82. The van der Waals surface area contributed by atoms with E-state index in [4.69, 9.17) is 5.11 Å². The molecule has 0 atom stereocenters. The summed E-state index contributed by atoms with van der Waals surface area (Å²) in [7, 11) is 0. The predicted molar refractivity (Wildman–Crippen MR) is 54.8 cm³/mol. The van der Waals surface area contributed by atoms with Gasteiger partial charge in [0.05, 0.1) is 12.8 Å². The van der Waals surface area contributed by atoms with Crippen molar-refractivity contribution in [3.05, 3.63) is 42.0 Å². The SMILES string of the molecule is OCc1ccc(-c2cnn(C(F)(F)F)c2)cc1F. The summed E-state index contributed by atoms with van der Waals surface area (Å²) >= 11 is 0. The van der Waals surface area contributed by atoms with Crippen LogP contribution in [0.3, 0.4) is 0 Å². The van der Waals surface area contributed by atoms with Crippen molar-refractivity contribution in [1.82, 2.24) is 9.78 Å². The Morgan fingerprint density at radius 1 is 1.22 bits per heavy atom. The summed E-state index contributed by atoms with van der Waals surface area (Å²) in [5, 5.41) is 11.9. The second-order valence-corrected chi connectivity index (χ2v) is 3.61. The van der Waals surface area contributed by atoms with Crippen LogP contribution in [-0.4, -0.2) is 14.9 Å². The average molecular weight is 260 g/mol. The van der Waals surface area contributed by atoms with Gasteiger partial charge in [-0.25, -0.2) is 4.39 Å². The maximum atomic E-state index is 13.4. The Balaban J connectivity index is 2.38. The number of benzene rings is 1. The number of nitrogens with zero attached hydrogens (tertiary/aromatic N) is 2. The Morgan fingerprint density at radius 3 is 2.44 bits per heavy atom. The van der Waals surface area contributed by atoms with Gasteiger partial charge in [0.25, 0.3) is 0 Å². The highest BCUT2D eigenvalue weighted by Gasteiger charge is 2.31. The number of alkyl halides is 3. The zero-order chi connectivity index (χ0) is 13.3. The smallest absolute Gasteiger partial charge is 0.392 e. The molecule has 0 saturated carbocycles. The van der Waals surface area contributed by atoms with Crippen molar-refractivity contribution in [2.24, 2.45) is 0 Å². The Kier molecular flexibility index (Phi) is 3.08. The fraction of sp³-hybridized carbons (Fsp3) is 0.182. The summed E-state index contributed by atoms with van der Waals surface area (Å²) in [6, 6.07) is 3.80. The molecule has 0 radical (unpaired) electrons. The molecule has 0 aliphatic heterocycles. The molecule has 0 spiro atoms. The van der Waals surface area contributed by atoms with Crippen molar-refractivity contribution in [2.75, 3.05) is 0 Å². The number of aliphatic hydroxyl groups is 1. The molecule has 0 aliphatic carbocycles. The molecule has 2 rings (SSSR count). The predicted octanol–water partition coefficient (Wildman–Crippen LogP) is 2.66. The molecular weight excluding hydrogens is 252 g/mol. The van der Waals surface area contributed by atoms with Gasteiger partial charge in [-0.3, -0.25) is 0 Å². The minimum Gasteiger partial charge on any atom is -0.392 e. The van der Waals surface area contributed by atoms with Crippen LogP contribution in [0.15, 0.2) is 30.6 Å². The average Bonchev–Trinajstić information content (AvgIpc) is 2.77. The van der Waals surface area contributed by atoms with Crippen LogP contribution in [0.4, 0.5) is 17.6 Å². The second-order valence-electron chi connectivity index (χ2n) is 3.61. The standard InChI is InChI=1S/C11H8F4N2O/c12-10-3-7(1-2-8(10)6-18)9-4-16-17(5-9)11(13,14)15/h1-5,18H,6H2. The number of hydrogen-bond acceptors (Lipinski definition) is 2. The first kappa shape index (κ1) is 12.6. The van der Waals surface area contributed by atoms with Gasteiger partial charge >= 0.3 is 6.30 Å². The number of halogens is 4. The van der Waals surface area contributed by atoms with Crippen LogP contribution < -0.4 is 0 Å². The zero-order valence-electron chi connectivity index (χ0n) is 8.95. The summed E-state index contributed by atoms with van der Waals surface area (Å²) in [5.41, 5.74) is 0.498. The molecule has 3 nitrogen and oxygen atoms in total. The monoisotopic (exact) mass is 260 g/mol. The molecule has 7 heteroatoms. The highest BCUT2D eigenvalue weighted by atomic mass is 19.4. The van der Waals surface area contributed by atoms with E-state index in [-0.39, 0.29) is 21.4 Å². The van der Waals surface area contributed by atoms with Crippen molar-refractivity contribution in [1.29, 1.82) is 0 Å². The van der Waals surface area contributed by atoms with Crippen molar-refractivity contribution >= 4 is 0 Å². The summed E-state index contributed by atoms with van der Waals surface area (Å²) in [6.45, 7) is -0.464. The summed E-state index contributed by atoms with van der Waals surface area (Å²) in [5.74, 6) is -0.672. The molecule has 2 aromatic rings. The van der Waals surface area contributed by atoms with E-state index in [2.05, 4.69) is 5.10 Å². The molecule has 0 fully saturated rings. The number of rotatable bonds is 2. The molecule has 0 aliphatic rings. The molecule has 0 bridgehead atoms. The van der Waals surface area contributed by atoms with Gasteiger partial charge < -0.3 is 5.11 Å². The first-order valence-electron chi connectivity index (χ1n) is 4.93. The van der Waals surface area contributed by atoms with Crippen molar-refractivity contribution < 1.29 is 22.7 Å². The third-order valence-electron chi connectivity index (χ3n) is 2.40. The number of aliphatic hydroxyl groups excluding tert-OH is 1. The molecule has 0 amide bonds. The maximum Gasteiger partial charge on any atom is 0.504 e. The number of aromatic nitrogens is 2. The van der Waals surface area contributed by atoms with E-state index in [1.54, 1.807) is 0 Å². The van der Waals surface area contributed by atoms with Crippen LogP contribution in [0.2, 0.25) is 0 Å². The summed E-state index contributed by atoms with van der Waals surface area (Å²) < 4.78 is 50.1. The van der Waals surface area contributed by atoms with Crippen molar-refractivity contribution in [3.63, 3.8) is 0 Å². The topological polar surface area (TPSA) is 38.1 Å². The van der Waals surface area contributed by atoms with E-state index in [0.717, 1.165) is 18.5 Å². The van der Waals surface area contributed by atoms with Gasteiger partial charge in [-0.15, -0.1) is 13.2 Å². The lowest BCUT2D eigenvalue weighted by Gasteiger charge is -2.04. The van der Waals surface area contributed by atoms with Crippen LogP contribution in [0.25, 0.3) is 11.1 Å². The van der Waals surface area contributed by atoms with Gasteiger partial charge in [0.2, 0.25) is 0 Å². The lowest BCUT2D eigenvalue weighted by atomic mass is 10.1. The van der Waals surface area contributed by atoms with Gasteiger partial charge in [0.1, 0.15) is 5.82 Å². The van der Waals surface area contributed by atoms with Gasteiger partial charge in [-0.1, -0.05) is 12.1 Å². The second kappa shape index (κ2) is 4.41. The molecule has 1 aromatic carbocycles. The van der Waals surface area contributed by atoms with Gasteiger partial charge in [0.15, 0.2) is 0 Å². The number of hydrogen-bond donors (Lipinski definition) is 1. The Hall–Kier alpha value is -1.89. The molecule has 1 heterocycles. The van der Waals surface area contributed by atoms with Crippen LogP contribution in [0, 0.1) is 5.82 Å². The lowest BCUT2D eigenvalue weighted by molar-refractivity contribution is -0.212. The lowest BCUT2D eigenvalue weighted by Crippen LogP contribution is -2.16. The first-order valence-corrected chi connectivity index (χ1v) is 4.93. The fourth-order valence-corrected chi connectivity index (χ4v) is 1.47. The largest absolute Gasteiger partial charge is 0.504 e. The van der Waals surface area contributed by atoms with Crippen molar-refractivity contribution in [3.8, 4) is 11.1 Å². The van der Waals surface area contributed by atoms with E-state index in [9.17, 15) is 17.6 Å². The first-order chi connectivity index (χ1) is 8.41. The molecular formula is C11H8F4N2O. The minimum atomic E-state index is -4.60.